The van der Waals surface area contributed by atoms with Gasteiger partial charge in [0.2, 0.25) is 5.91 Å². The summed E-state index contributed by atoms with van der Waals surface area (Å²) in [4.78, 5) is 64.7. The highest BCUT2D eigenvalue weighted by molar-refractivity contribution is 5.86. The van der Waals surface area contributed by atoms with Gasteiger partial charge >= 0.3 is 18.2 Å². The number of hydrogen-bond donors (Lipinski definition) is 5. The quantitative estimate of drug-likeness (QED) is 0.0883. The zero-order chi connectivity index (χ0) is 35.6. The lowest BCUT2D eigenvalue weighted by atomic mass is 9.89. The molecule has 0 aliphatic heterocycles. The van der Waals surface area contributed by atoms with Gasteiger partial charge < -0.3 is 35.5 Å². The van der Waals surface area contributed by atoms with E-state index < -0.39 is 54.2 Å². The van der Waals surface area contributed by atoms with Crippen molar-refractivity contribution >= 4 is 30.0 Å². The Hall–Kier alpha value is -3.91. The first-order chi connectivity index (χ1) is 22.9. The van der Waals surface area contributed by atoms with Crippen LogP contribution in [0.4, 0.5) is 9.59 Å². The molecule has 14 heteroatoms. The molecule has 2 unspecified atom stereocenters. The molecule has 1 aliphatic rings. The summed E-state index contributed by atoms with van der Waals surface area (Å²) in [5.74, 6) is -1.74. The van der Waals surface area contributed by atoms with Crippen molar-refractivity contribution in [3.8, 4) is 0 Å². The molecule has 0 radical (unpaired) electrons. The fraction of sp³-hybridized carbons (Fsp3) is 0.676. The van der Waals surface area contributed by atoms with Crippen LogP contribution in [0.1, 0.15) is 65.4 Å². The molecule has 48 heavy (non-hydrogen) atoms. The van der Waals surface area contributed by atoms with Gasteiger partial charge in [-0.3, -0.25) is 19.8 Å². The highest BCUT2D eigenvalue weighted by Gasteiger charge is 2.35. The molecule has 0 saturated heterocycles. The van der Waals surface area contributed by atoms with Crippen molar-refractivity contribution in [2.45, 2.75) is 90.4 Å². The molecular weight excluding hydrogens is 620 g/mol. The molecule has 1 aromatic carbocycles. The fourth-order valence-corrected chi connectivity index (χ4v) is 5.75. The molecule has 14 nitrogen and oxygen atoms in total. The minimum Gasteiger partial charge on any atom is -0.458 e. The van der Waals surface area contributed by atoms with Gasteiger partial charge in [0.1, 0.15) is 18.2 Å². The number of rotatable bonds is 18. The highest BCUT2D eigenvalue weighted by atomic mass is 16.6. The van der Waals surface area contributed by atoms with E-state index in [1.807, 2.05) is 44.2 Å². The first kappa shape index (κ1) is 40.3. The normalized spacial score (nSPS) is 16.0. The van der Waals surface area contributed by atoms with Crippen LogP contribution in [0, 0.1) is 17.8 Å². The number of carbonyl (C=O) groups excluding carboxylic acids is 5. The summed E-state index contributed by atoms with van der Waals surface area (Å²) < 4.78 is 15.5. The van der Waals surface area contributed by atoms with Crippen LogP contribution >= 0.6 is 0 Å². The minimum atomic E-state index is -0.934. The molecule has 2 rings (SSSR count). The Morgan fingerprint density at radius 1 is 0.812 bits per heavy atom. The number of ether oxygens (including phenoxy) is 3. The number of benzene rings is 1. The summed E-state index contributed by atoms with van der Waals surface area (Å²) in [5, 5.41) is 12.8. The van der Waals surface area contributed by atoms with Crippen molar-refractivity contribution in [2.24, 2.45) is 17.8 Å². The van der Waals surface area contributed by atoms with E-state index in [0.717, 1.165) is 37.7 Å². The lowest BCUT2D eigenvalue weighted by molar-refractivity contribution is -0.152. The van der Waals surface area contributed by atoms with Crippen molar-refractivity contribution in [3.63, 3.8) is 0 Å². The minimum absolute atomic E-state index is 0.0370. The topological polar surface area (TPSA) is 176 Å². The summed E-state index contributed by atoms with van der Waals surface area (Å²) in [6.45, 7) is 7.65. The summed E-state index contributed by atoms with van der Waals surface area (Å²) in [7, 11) is 4.08. The van der Waals surface area contributed by atoms with Crippen LogP contribution in [0.15, 0.2) is 30.3 Å². The van der Waals surface area contributed by atoms with Crippen molar-refractivity contribution < 1.29 is 38.2 Å². The monoisotopic (exact) mass is 676 g/mol. The average molecular weight is 677 g/mol. The van der Waals surface area contributed by atoms with E-state index in [-0.39, 0.29) is 37.3 Å². The molecule has 0 bridgehead atoms. The van der Waals surface area contributed by atoms with E-state index in [2.05, 4.69) is 26.7 Å². The lowest BCUT2D eigenvalue weighted by Gasteiger charge is -2.36. The number of hydrazine groups is 1. The van der Waals surface area contributed by atoms with Crippen molar-refractivity contribution in [1.29, 1.82) is 0 Å². The number of amides is 4. The standard InChI is InChI=1S/C34H56N6O8/c1-22(2)29(37-33(44)46-6)31(42)36-26(18-24-14-10-8-11-15-24)27(48-28(41)19-35-5)21-40(20-25-16-12-9-13-17-25)39-32(43)30(23(3)4)38-34(45)47-7/h8,10-11,14-15,22-23,25-27,29-30,35H,9,12-13,16-21H2,1-7H3,(H,36,42)(H,37,44)(H,38,45)(H,39,43)/t26?,27?,29-,30-/m0/s1. The molecule has 0 spiro atoms. The number of carbonyl (C=O) groups is 5. The first-order valence-electron chi connectivity index (χ1n) is 16.8. The number of methoxy groups -OCH3 is 2. The van der Waals surface area contributed by atoms with E-state index in [0.29, 0.717) is 6.54 Å². The molecule has 0 aromatic heterocycles. The molecule has 5 N–H and O–H groups in total. The second-order valence-corrected chi connectivity index (χ2v) is 13.0. The Labute approximate surface area is 284 Å². The number of esters is 1. The van der Waals surface area contributed by atoms with E-state index in [1.54, 1.807) is 25.9 Å². The fourth-order valence-electron chi connectivity index (χ4n) is 5.75. The van der Waals surface area contributed by atoms with Gasteiger partial charge in [0.05, 0.1) is 33.4 Å². The number of nitrogens with zero attached hydrogens (tertiary/aromatic N) is 1. The van der Waals surface area contributed by atoms with Crippen LogP contribution in [0.5, 0.6) is 0 Å². The lowest BCUT2D eigenvalue weighted by Crippen LogP contribution is -2.60. The van der Waals surface area contributed by atoms with E-state index >= 15 is 0 Å². The predicted octanol–water partition coefficient (Wildman–Crippen LogP) is 2.52. The van der Waals surface area contributed by atoms with E-state index in [1.165, 1.54) is 14.2 Å². The van der Waals surface area contributed by atoms with Crippen molar-refractivity contribution in [2.75, 3.05) is 40.9 Å². The molecule has 1 aromatic rings. The SMILES string of the molecule is CNCC(=O)OC(CN(CC1CCCCC1)NC(=O)[C@@H](NC(=O)OC)C(C)C)C(Cc1ccccc1)NC(=O)[C@@H](NC(=O)OC)C(C)C. The van der Waals surface area contributed by atoms with Crippen LogP contribution in [0.25, 0.3) is 0 Å². The maximum Gasteiger partial charge on any atom is 0.407 e. The number of likely N-dealkylation sites (N-methyl/N-ethyl adjacent to an activating group) is 1. The zero-order valence-electron chi connectivity index (χ0n) is 29.5. The Bertz CT molecular complexity index is 1160. The van der Waals surface area contributed by atoms with Crippen LogP contribution in [0.2, 0.25) is 0 Å². The van der Waals surface area contributed by atoms with Gasteiger partial charge in [-0.2, -0.15) is 0 Å². The predicted molar refractivity (Wildman–Crippen MR) is 181 cm³/mol. The molecule has 1 aliphatic carbocycles. The van der Waals surface area contributed by atoms with E-state index in [9.17, 15) is 24.0 Å². The van der Waals surface area contributed by atoms with Gasteiger partial charge in [-0.05, 0) is 49.6 Å². The molecule has 1 fully saturated rings. The highest BCUT2D eigenvalue weighted by Crippen LogP contribution is 2.25. The summed E-state index contributed by atoms with van der Waals surface area (Å²) in [6, 6.07) is 6.86. The Balaban J connectivity index is 2.52. The van der Waals surface area contributed by atoms with Crippen molar-refractivity contribution in [3.05, 3.63) is 35.9 Å². The van der Waals surface area contributed by atoms with Gasteiger partial charge in [0.25, 0.3) is 5.91 Å². The molecular formula is C34H56N6O8. The van der Waals surface area contributed by atoms with Gasteiger partial charge in [-0.15, -0.1) is 0 Å². The molecule has 4 amide bonds. The largest absolute Gasteiger partial charge is 0.458 e. The van der Waals surface area contributed by atoms with E-state index in [4.69, 9.17) is 14.2 Å². The van der Waals surface area contributed by atoms with Crippen molar-refractivity contribution in [1.82, 2.24) is 31.7 Å². The van der Waals surface area contributed by atoms with Gasteiger partial charge in [-0.25, -0.2) is 14.6 Å². The van der Waals surface area contributed by atoms with Gasteiger partial charge in [0.15, 0.2) is 0 Å². The Morgan fingerprint density at radius 2 is 1.38 bits per heavy atom. The second kappa shape index (κ2) is 21.1. The Morgan fingerprint density at radius 3 is 1.90 bits per heavy atom. The number of hydrogen-bond acceptors (Lipinski definition) is 10. The summed E-state index contributed by atoms with van der Waals surface area (Å²) >= 11 is 0. The smallest absolute Gasteiger partial charge is 0.407 e. The summed E-state index contributed by atoms with van der Waals surface area (Å²) in [5.41, 5.74) is 3.87. The maximum atomic E-state index is 13.8. The van der Waals surface area contributed by atoms with Crippen LogP contribution in [0.3, 0.4) is 0 Å². The van der Waals surface area contributed by atoms with Crippen LogP contribution in [-0.2, 0) is 35.0 Å². The number of alkyl carbamates (subject to hydrolysis) is 2. The third kappa shape index (κ3) is 14.1. The molecule has 4 atom stereocenters. The zero-order valence-corrected chi connectivity index (χ0v) is 29.5. The Kier molecular flexibility index (Phi) is 17.7. The first-order valence-corrected chi connectivity index (χ1v) is 16.8. The van der Waals surface area contributed by atoms with Crippen LogP contribution in [-0.4, -0.2) is 100 Å². The average Bonchev–Trinajstić information content (AvgIpc) is 3.05. The molecule has 0 heterocycles. The van der Waals surface area contributed by atoms with Gasteiger partial charge in [-0.1, -0.05) is 77.3 Å². The third-order valence-electron chi connectivity index (χ3n) is 8.37. The van der Waals surface area contributed by atoms with Gasteiger partial charge in [0, 0.05) is 6.54 Å². The maximum absolute atomic E-state index is 13.8. The molecule has 270 valence electrons. The summed E-state index contributed by atoms with van der Waals surface area (Å²) in [6.07, 6.45) is 3.12. The molecule has 1 saturated carbocycles. The number of nitrogens with one attached hydrogen (secondary N) is 5. The van der Waals surface area contributed by atoms with Crippen LogP contribution < -0.4 is 26.7 Å². The third-order valence-corrected chi connectivity index (χ3v) is 8.37. The second-order valence-electron chi connectivity index (χ2n) is 13.0.